The summed E-state index contributed by atoms with van der Waals surface area (Å²) in [5.41, 5.74) is 0. The van der Waals surface area contributed by atoms with E-state index in [2.05, 4.69) is 38.8 Å². The molecule has 1 aromatic rings. The second-order valence-electron chi connectivity index (χ2n) is 2.93. The number of thiophene rings is 1. The van der Waals surface area contributed by atoms with Gasteiger partial charge in [-0.25, -0.2) is 0 Å². The second kappa shape index (κ2) is 5.49. The van der Waals surface area contributed by atoms with E-state index in [9.17, 15) is 5.11 Å². The Hall–Kier alpha value is 0.620. The van der Waals surface area contributed by atoms with Crippen LogP contribution in [0.3, 0.4) is 0 Å². The summed E-state index contributed by atoms with van der Waals surface area (Å²) in [6.45, 7) is 2.13. The minimum atomic E-state index is -0.299. The van der Waals surface area contributed by atoms with Gasteiger partial charge in [0.1, 0.15) is 0 Å². The van der Waals surface area contributed by atoms with Crippen LogP contribution in [0.4, 0.5) is 0 Å². The second-order valence-corrected chi connectivity index (χ2v) is 6.18. The lowest BCUT2D eigenvalue weighted by atomic mass is 10.1. The van der Waals surface area contributed by atoms with Gasteiger partial charge in [0.15, 0.2) is 0 Å². The predicted octanol–water partition coefficient (Wildman–Crippen LogP) is 4.50. The monoisotopic (exact) mass is 326 g/mol. The zero-order valence-corrected chi connectivity index (χ0v) is 11.4. The van der Waals surface area contributed by atoms with Crippen LogP contribution < -0.4 is 0 Å². The quantitative estimate of drug-likeness (QED) is 0.863. The summed E-state index contributed by atoms with van der Waals surface area (Å²) in [5, 5.41) is 9.76. The number of aliphatic hydroxyl groups excluding tert-OH is 1. The van der Waals surface area contributed by atoms with Gasteiger partial charge in [-0.15, -0.1) is 11.3 Å². The topological polar surface area (TPSA) is 20.2 Å². The van der Waals surface area contributed by atoms with E-state index in [1.165, 1.54) is 0 Å². The molecule has 1 atom stereocenters. The summed E-state index contributed by atoms with van der Waals surface area (Å²) in [6, 6.07) is 1.98. The SMILES string of the molecule is CCCCC(O)c1cc(Br)c(Br)s1. The zero-order valence-electron chi connectivity index (χ0n) is 7.39. The first-order valence-electron chi connectivity index (χ1n) is 4.28. The maximum Gasteiger partial charge on any atom is 0.0882 e. The van der Waals surface area contributed by atoms with Gasteiger partial charge in [-0.2, -0.15) is 0 Å². The first-order chi connectivity index (χ1) is 6.15. The van der Waals surface area contributed by atoms with Gasteiger partial charge in [-0.1, -0.05) is 19.8 Å². The molecule has 0 saturated heterocycles. The molecule has 0 saturated carbocycles. The Morgan fingerprint density at radius 2 is 2.23 bits per heavy atom. The van der Waals surface area contributed by atoms with Crippen molar-refractivity contribution in [1.82, 2.24) is 0 Å². The highest BCUT2D eigenvalue weighted by Gasteiger charge is 2.11. The summed E-state index contributed by atoms with van der Waals surface area (Å²) in [7, 11) is 0. The molecule has 0 aliphatic rings. The third-order valence-electron chi connectivity index (χ3n) is 1.82. The van der Waals surface area contributed by atoms with Crippen LogP contribution in [-0.4, -0.2) is 5.11 Å². The largest absolute Gasteiger partial charge is 0.388 e. The van der Waals surface area contributed by atoms with E-state index in [-0.39, 0.29) is 6.10 Å². The Labute approximate surface area is 99.4 Å². The molecule has 0 aromatic carbocycles. The summed E-state index contributed by atoms with van der Waals surface area (Å²) in [4.78, 5) is 1.03. The average molecular weight is 328 g/mol. The molecule has 1 rings (SSSR count). The first kappa shape index (κ1) is 11.7. The van der Waals surface area contributed by atoms with Crippen LogP contribution in [-0.2, 0) is 0 Å². The lowest BCUT2D eigenvalue weighted by Gasteiger charge is -2.05. The fraction of sp³-hybridized carbons (Fsp3) is 0.556. The molecule has 0 spiro atoms. The van der Waals surface area contributed by atoms with Gasteiger partial charge < -0.3 is 5.11 Å². The summed E-state index contributed by atoms with van der Waals surface area (Å²) < 4.78 is 2.08. The lowest BCUT2D eigenvalue weighted by Crippen LogP contribution is -1.93. The Balaban J connectivity index is 2.60. The van der Waals surface area contributed by atoms with Crippen LogP contribution >= 0.6 is 43.2 Å². The molecule has 1 aromatic heterocycles. The molecule has 1 N–H and O–H groups in total. The standard InChI is InChI=1S/C9H12Br2OS/c1-2-3-4-7(12)8-5-6(10)9(11)13-8/h5,7,12H,2-4H2,1H3. The zero-order chi connectivity index (χ0) is 9.84. The van der Waals surface area contributed by atoms with Crippen molar-refractivity contribution >= 4 is 43.2 Å². The molecule has 74 valence electrons. The molecule has 13 heavy (non-hydrogen) atoms. The van der Waals surface area contributed by atoms with Crippen LogP contribution in [0.5, 0.6) is 0 Å². The molecule has 0 radical (unpaired) electrons. The molecule has 0 amide bonds. The van der Waals surface area contributed by atoms with Gasteiger partial charge in [0.05, 0.1) is 9.89 Å². The van der Waals surface area contributed by atoms with E-state index in [0.717, 1.165) is 32.4 Å². The van der Waals surface area contributed by atoms with E-state index in [4.69, 9.17) is 0 Å². The number of unbranched alkanes of at least 4 members (excludes halogenated alkanes) is 1. The third kappa shape index (κ3) is 3.35. The number of aliphatic hydroxyl groups is 1. The highest BCUT2D eigenvalue weighted by atomic mass is 79.9. The third-order valence-corrected chi connectivity index (χ3v) is 5.18. The Morgan fingerprint density at radius 3 is 2.69 bits per heavy atom. The fourth-order valence-electron chi connectivity index (χ4n) is 1.07. The lowest BCUT2D eigenvalue weighted by molar-refractivity contribution is 0.168. The van der Waals surface area contributed by atoms with Gasteiger partial charge in [0.25, 0.3) is 0 Å². The van der Waals surface area contributed by atoms with Crippen molar-refractivity contribution in [1.29, 1.82) is 0 Å². The average Bonchev–Trinajstić information content (AvgIpc) is 2.43. The van der Waals surface area contributed by atoms with E-state index in [0.29, 0.717) is 0 Å². The van der Waals surface area contributed by atoms with Crippen molar-refractivity contribution in [3.05, 3.63) is 19.2 Å². The summed E-state index contributed by atoms with van der Waals surface area (Å²) in [6.07, 6.45) is 2.77. The van der Waals surface area contributed by atoms with E-state index >= 15 is 0 Å². The van der Waals surface area contributed by atoms with Crippen molar-refractivity contribution in [2.45, 2.75) is 32.3 Å². The van der Waals surface area contributed by atoms with Gasteiger partial charge in [-0.3, -0.25) is 0 Å². The minimum Gasteiger partial charge on any atom is -0.388 e. The van der Waals surface area contributed by atoms with Crippen molar-refractivity contribution in [3.63, 3.8) is 0 Å². The van der Waals surface area contributed by atoms with Gasteiger partial charge in [-0.05, 0) is 44.3 Å². The van der Waals surface area contributed by atoms with E-state index in [1.54, 1.807) is 11.3 Å². The van der Waals surface area contributed by atoms with Crippen LogP contribution in [0.25, 0.3) is 0 Å². The number of rotatable bonds is 4. The normalized spacial score (nSPS) is 13.2. The Morgan fingerprint density at radius 1 is 1.54 bits per heavy atom. The van der Waals surface area contributed by atoms with Gasteiger partial charge in [0.2, 0.25) is 0 Å². The Bertz CT molecular complexity index is 253. The van der Waals surface area contributed by atoms with Gasteiger partial charge >= 0.3 is 0 Å². The molecule has 1 heterocycles. The summed E-state index contributed by atoms with van der Waals surface area (Å²) in [5.74, 6) is 0. The number of hydrogen-bond acceptors (Lipinski definition) is 2. The highest BCUT2D eigenvalue weighted by Crippen LogP contribution is 2.36. The van der Waals surface area contributed by atoms with Crippen molar-refractivity contribution in [2.75, 3.05) is 0 Å². The van der Waals surface area contributed by atoms with E-state index < -0.39 is 0 Å². The van der Waals surface area contributed by atoms with E-state index in [1.807, 2.05) is 6.07 Å². The van der Waals surface area contributed by atoms with Gasteiger partial charge in [0, 0.05) is 9.35 Å². The first-order valence-corrected chi connectivity index (χ1v) is 6.68. The molecule has 0 aliphatic carbocycles. The summed E-state index contributed by atoms with van der Waals surface area (Å²) >= 11 is 8.41. The molecule has 1 nitrogen and oxygen atoms in total. The molecule has 0 aliphatic heterocycles. The van der Waals surface area contributed by atoms with Crippen LogP contribution in [0.2, 0.25) is 0 Å². The molecular weight excluding hydrogens is 316 g/mol. The maximum atomic E-state index is 9.76. The smallest absolute Gasteiger partial charge is 0.0882 e. The molecule has 4 heteroatoms. The highest BCUT2D eigenvalue weighted by molar-refractivity contribution is 9.13. The minimum absolute atomic E-state index is 0.299. The Kier molecular flexibility index (Phi) is 4.94. The molecule has 1 unspecified atom stereocenters. The van der Waals surface area contributed by atoms with Crippen LogP contribution in [0, 0.1) is 0 Å². The van der Waals surface area contributed by atoms with Crippen molar-refractivity contribution < 1.29 is 5.11 Å². The van der Waals surface area contributed by atoms with Crippen LogP contribution in [0.1, 0.15) is 37.2 Å². The number of halogens is 2. The molecular formula is C9H12Br2OS. The van der Waals surface area contributed by atoms with Crippen molar-refractivity contribution in [2.24, 2.45) is 0 Å². The predicted molar refractivity (Wildman–Crippen MR) is 64.2 cm³/mol. The number of hydrogen-bond donors (Lipinski definition) is 1. The fourth-order valence-corrected chi connectivity index (χ4v) is 3.18. The van der Waals surface area contributed by atoms with Crippen molar-refractivity contribution in [3.8, 4) is 0 Å². The van der Waals surface area contributed by atoms with Crippen LogP contribution in [0.15, 0.2) is 14.3 Å². The molecule has 0 bridgehead atoms. The maximum absolute atomic E-state index is 9.76. The molecule has 0 fully saturated rings.